The molecular formula is C24H28N2O5S. The van der Waals surface area contributed by atoms with E-state index < -0.39 is 10.0 Å². The number of nitrogens with zero attached hydrogens (tertiary/aromatic N) is 2. The van der Waals surface area contributed by atoms with Crippen molar-refractivity contribution in [1.29, 1.82) is 0 Å². The molecule has 1 aliphatic heterocycles. The van der Waals surface area contributed by atoms with Crippen LogP contribution in [0.1, 0.15) is 18.6 Å². The molecule has 2 aromatic carbocycles. The van der Waals surface area contributed by atoms with Gasteiger partial charge in [-0.05, 0) is 61.4 Å². The summed E-state index contributed by atoms with van der Waals surface area (Å²) in [6.45, 7) is 2.29. The Bertz CT molecular complexity index is 1110. The Morgan fingerprint density at radius 3 is 2.31 bits per heavy atom. The highest BCUT2D eigenvalue weighted by Crippen LogP contribution is 2.33. The van der Waals surface area contributed by atoms with E-state index in [2.05, 4.69) is 4.90 Å². The second kappa shape index (κ2) is 9.67. The lowest BCUT2D eigenvalue weighted by Gasteiger charge is -2.38. The van der Waals surface area contributed by atoms with Crippen molar-refractivity contribution in [3.8, 4) is 11.5 Å². The van der Waals surface area contributed by atoms with Crippen molar-refractivity contribution in [3.05, 3.63) is 72.7 Å². The van der Waals surface area contributed by atoms with Gasteiger partial charge < -0.3 is 13.9 Å². The molecule has 1 saturated heterocycles. The fraction of sp³-hybridized carbons (Fsp3) is 0.333. The standard InChI is InChI=1S/C24H28N2O5S/c1-29-21-8-10-24(11-9-21)32(27,28)26(20-5-3-6-22(17-20)30-2)19-12-14-25(15-13-19)18-23-7-4-16-31-23/h3-11,16-17,19H,12-15,18H2,1-2H3. The highest BCUT2D eigenvalue weighted by atomic mass is 32.2. The Morgan fingerprint density at radius 2 is 1.69 bits per heavy atom. The van der Waals surface area contributed by atoms with Crippen LogP contribution in [-0.2, 0) is 16.6 Å². The SMILES string of the molecule is COc1ccc(S(=O)(=O)N(c2cccc(OC)c2)C2CCN(Cc3ccco3)CC2)cc1. The molecule has 170 valence electrons. The van der Waals surface area contributed by atoms with E-state index in [4.69, 9.17) is 13.9 Å². The minimum Gasteiger partial charge on any atom is -0.497 e. The minimum atomic E-state index is -3.79. The predicted octanol–water partition coefficient (Wildman–Crippen LogP) is 4.16. The Kier molecular flexibility index (Phi) is 6.72. The van der Waals surface area contributed by atoms with E-state index in [1.165, 1.54) is 0 Å². The number of ether oxygens (including phenoxy) is 2. The first-order valence-electron chi connectivity index (χ1n) is 10.6. The van der Waals surface area contributed by atoms with E-state index in [1.807, 2.05) is 30.3 Å². The molecule has 8 heteroatoms. The average Bonchev–Trinajstić information content (AvgIpc) is 3.33. The summed E-state index contributed by atoms with van der Waals surface area (Å²) in [5, 5.41) is 0. The number of methoxy groups -OCH3 is 2. The van der Waals surface area contributed by atoms with Gasteiger partial charge in [-0.1, -0.05) is 6.07 Å². The quantitative estimate of drug-likeness (QED) is 0.507. The molecule has 1 aliphatic rings. The topological polar surface area (TPSA) is 72.2 Å². The highest BCUT2D eigenvalue weighted by Gasteiger charge is 2.34. The summed E-state index contributed by atoms with van der Waals surface area (Å²) in [7, 11) is -0.650. The zero-order chi connectivity index (χ0) is 22.6. The number of rotatable bonds is 8. The first kappa shape index (κ1) is 22.2. The summed E-state index contributed by atoms with van der Waals surface area (Å²) in [5.41, 5.74) is 0.602. The van der Waals surface area contributed by atoms with Gasteiger partial charge in [-0.15, -0.1) is 0 Å². The number of benzene rings is 2. The predicted molar refractivity (Wildman–Crippen MR) is 123 cm³/mol. The first-order chi connectivity index (χ1) is 15.5. The molecule has 7 nitrogen and oxygen atoms in total. The zero-order valence-corrected chi connectivity index (χ0v) is 19.1. The molecule has 2 heterocycles. The van der Waals surface area contributed by atoms with Gasteiger partial charge in [-0.2, -0.15) is 0 Å². The lowest BCUT2D eigenvalue weighted by atomic mass is 10.0. The number of likely N-dealkylation sites (tertiary alicyclic amines) is 1. The molecular weight excluding hydrogens is 428 g/mol. The molecule has 1 aromatic heterocycles. The van der Waals surface area contributed by atoms with Crippen LogP contribution in [-0.4, -0.2) is 46.7 Å². The van der Waals surface area contributed by atoms with Gasteiger partial charge in [-0.25, -0.2) is 8.42 Å². The third kappa shape index (κ3) is 4.76. The van der Waals surface area contributed by atoms with Crippen molar-refractivity contribution < 1.29 is 22.3 Å². The number of furan rings is 1. The van der Waals surface area contributed by atoms with Crippen LogP contribution in [0.5, 0.6) is 11.5 Å². The van der Waals surface area contributed by atoms with Crippen molar-refractivity contribution in [1.82, 2.24) is 4.90 Å². The van der Waals surface area contributed by atoms with Gasteiger partial charge in [0.15, 0.2) is 0 Å². The van der Waals surface area contributed by atoms with Gasteiger partial charge in [0, 0.05) is 25.2 Å². The maximum Gasteiger partial charge on any atom is 0.264 e. The number of sulfonamides is 1. The summed E-state index contributed by atoms with van der Waals surface area (Å²) >= 11 is 0. The summed E-state index contributed by atoms with van der Waals surface area (Å²) in [5.74, 6) is 2.15. The second-order valence-electron chi connectivity index (χ2n) is 7.76. The maximum atomic E-state index is 13.8. The Morgan fingerprint density at radius 1 is 0.969 bits per heavy atom. The highest BCUT2D eigenvalue weighted by molar-refractivity contribution is 7.92. The average molecular weight is 457 g/mol. The van der Waals surface area contributed by atoms with E-state index in [9.17, 15) is 8.42 Å². The Balaban J connectivity index is 1.62. The third-order valence-corrected chi connectivity index (χ3v) is 7.67. The van der Waals surface area contributed by atoms with E-state index in [1.54, 1.807) is 55.1 Å². The first-order valence-corrected chi connectivity index (χ1v) is 12.0. The van der Waals surface area contributed by atoms with Crippen molar-refractivity contribution in [2.75, 3.05) is 31.6 Å². The van der Waals surface area contributed by atoms with Crippen molar-refractivity contribution in [2.24, 2.45) is 0 Å². The molecule has 0 N–H and O–H groups in total. The van der Waals surface area contributed by atoms with Gasteiger partial charge in [-0.3, -0.25) is 9.21 Å². The number of piperidine rings is 1. The molecule has 1 fully saturated rings. The summed E-state index contributed by atoms with van der Waals surface area (Å²) in [6, 6.07) is 17.4. The summed E-state index contributed by atoms with van der Waals surface area (Å²) < 4.78 is 45.1. The van der Waals surface area contributed by atoms with E-state index in [0.717, 1.165) is 25.4 Å². The molecule has 4 rings (SSSR count). The number of hydrogen-bond donors (Lipinski definition) is 0. The fourth-order valence-electron chi connectivity index (χ4n) is 4.09. The Hall–Kier alpha value is -2.97. The smallest absolute Gasteiger partial charge is 0.264 e. The second-order valence-corrected chi connectivity index (χ2v) is 9.58. The van der Waals surface area contributed by atoms with Gasteiger partial charge >= 0.3 is 0 Å². The number of hydrogen-bond acceptors (Lipinski definition) is 6. The van der Waals surface area contributed by atoms with Crippen LogP contribution in [0.15, 0.2) is 76.2 Å². The maximum absolute atomic E-state index is 13.8. The van der Waals surface area contributed by atoms with Crippen LogP contribution < -0.4 is 13.8 Å². The van der Waals surface area contributed by atoms with Crippen LogP contribution in [0, 0.1) is 0 Å². The lowest BCUT2D eigenvalue weighted by Crippen LogP contribution is -2.47. The van der Waals surface area contributed by atoms with Crippen molar-refractivity contribution in [2.45, 2.75) is 30.3 Å². The molecule has 0 saturated carbocycles. The van der Waals surface area contributed by atoms with E-state index in [-0.39, 0.29) is 10.9 Å². The van der Waals surface area contributed by atoms with Gasteiger partial charge in [0.2, 0.25) is 0 Å². The summed E-state index contributed by atoms with van der Waals surface area (Å²) in [6.07, 6.45) is 3.11. The molecule has 0 bridgehead atoms. The van der Waals surface area contributed by atoms with Gasteiger partial charge in [0.05, 0.1) is 37.6 Å². The van der Waals surface area contributed by atoms with Crippen molar-refractivity contribution >= 4 is 15.7 Å². The van der Waals surface area contributed by atoms with Crippen LogP contribution >= 0.6 is 0 Å². The van der Waals surface area contributed by atoms with Gasteiger partial charge in [0.1, 0.15) is 17.3 Å². The zero-order valence-electron chi connectivity index (χ0n) is 18.3. The normalized spacial score (nSPS) is 15.4. The molecule has 0 amide bonds. The molecule has 0 spiro atoms. The van der Waals surface area contributed by atoms with Crippen LogP contribution in [0.25, 0.3) is 0 Å². The van der Waals surface area contributed by atoms with Crippen LogP contribution in [0.2, 0.25) is 0 Å². The fourth-order valence-corrected chi connectivity index (χ4v) is 5.79. The molecule has 3 aromatic rings. The van der Waals surface area contributed by atoms with E-state index in [0.29, 0.717) is 30.0 Å². The lowest BCUT2D eigenvalue weighted by molar-refractivity contribution is 0.193. The van der Waals surface area contributed by atoms with Gasteiger partial charge in [0.25, 0.3) is 10.0 Å². The largest absolute Gasteiger partial charge is 0.497 e. The van der Waals surface area contributed by atoms with Crippen LogP contribution in [0.4, 0.5) is 5.69 Å². The molecule has 0 unspecified atom stereocenters. The third-order valence-electron chi connectivity index (χ3n) is 5.77. The number of anilines is 1. The molecule has 32 heavy (non-hydrogen) atoms. The molecule has 0 atom stereocenters. The minimum absolute atomic E-state index is 0.165. The van der Waals surface area contributed by atoms with Crippen LogP contribution in [0.3, 0.4) is 0 Å². The van der Waals surface area contributed by atoms with Crippen molar-refractivity contribution in [3.63, 3.8) is 0 Å². The molecule has 0 aliphatic carbocycles. The summed E-state index contributed by atoms with van der Waals surface area (Å²) in [4.78, 5) is 2.53. The Labute approximate surface area is 189 Å². The van der Waals surface area contributed by atoms with E-state index >= 15 is 0 Å². The monoisotopic (exact) mass is 456 g/mol. The molecule has 0 radical (unpaired) electrons.